The van der Waals surface area contributed by atoms with Crippen LogP contribution in [0.2, 0.25) is 10.0 Å². The minimum absolute atomic E-state index is 0.163. The van der Waals surface area contributed by atoms with E-state index in [1.165, 1.54) is 19.3 Å². The first-order chi connectivity index (χ1) is 14.2. The number of ether oxygens (including phenoxy) is 1. The van der Waals surface area contributed by atoms with Crippen molar-refractivity contribution in [3.8, 4) is 0 Å². The van der Waals surface area contributed by atoms with Crippen LogP contribution in [0.15, 0.2) is 24.3 Å². The number of rotatable bonds is 7. The van der Waals surface area contributed by atoms with Gasteiger partial charge in [0.1, 0.15) is 5.00 Å². The van der Waals surface area contributed by atoms with Gasteiger partial charge < -0.3 is 15.0 Å². The van der Waals surface area contributed by atoms with Crippen molar-refractivity contribution in [2.45, 2.75) is 20.8 Å². The van der Waals surface area contributed by atoms with Crippen molar-refractivity contribution in [3.05, 3.63) is 55.9 Å². The number of methoxy groups -OCH3 is 1. The van der Waals surface area contributed by atoms with Gasteiger partial charge in [-0.1, -0.05) is 29.3 Å². The second-order valence-corrected chi connectivity index (χ2v) is 8.02. The molecule has 30 heavy (non-hydrogen) atoms. The number of carbonyl (C=O) groups excluding carboxylic acids is 3. The van der Waals surface area contributed by atoms with E-state index in [1.54, 1.807) is 30.0 Å². The van der Waals surface area contributed by atoms with Gasteiger partial charge in [-0.2, -0.15) is 0 Å². The molecule has 0 fully saturated rings. The van der Waals surface area contributed by atoms with E-state index in [1.807, 2.05) is 13.8 Å². The number of nitrogens with zero attached hydrogens (tertiary/aromatic N) is 1. The van der Waals surface area contributed by atoms with E-state index in [9.17, 15) is 14.4 Å². The number of hydrogen-bond donors (Lipinski definition) is 1. The Morgan fingerprint density at radius 3 is 2.30 bits per heavy atom. The third-order valence-electron chi connectivity index (χ3n) is 4.42. The van der Waals surface area contributed by atoms with E-state index in [0.29, 0.717) is 39.1 Å². The topological polar surface area (TPSA) is 75.7 Å². The summed E-state index contributed by atoms with van der Waals surface area (Å²) in [5.74, 6) is -1.33. The van der Waals surface area contributed by atoms with Gasteiger partial charge in [-0.3, -0.25) is 9.59 Å². The Labute approximate surface area is 189 Å². The Morgan fingerprint density at radius 2 is 1.77 bits per heavy atom. The summed E-state index contributed by atoms with van der Waals surface area (Å²) in [6.07, 6.45) is 2.75. The molecule has 0 saturated heterocycles. The van der Waals surface area contributed by atoms with Crippen LogP contribution in [0.25, 0.3) is 6.08 Å². The van der Waals surface area contributed by atoms with E-state index in [0.717, 1.165) is 11.3 Å². The van der Waals surface area contributed by atoms with Gasteiger partial charge in [0.15, 0.2) is 0 Å². The molecule has 0 atom stereocenters. The highest BCUT2D eigenvalue weighted by atomic mass is 35.5. The number of thiophene rings is 1. The SMILES string of the molecule is CCN(CC)C(=O)c1sc(NC(=O)C=Cc2c(Cl)cccc2Cl)c(C(=O)OC)c1C. The third-order valence-corrected chi connectivity index (χ3v) is 6.27. The van der Waals surface area contributed by atoms with Crippen LogP contribution in [-0.2, 0) is 9.53 Å². The van der Waals surface area contributed by atoms with Crippen molar-refractivity contribution < 1.29 is 19.1 Å². The first-order valence-electron chi connectivity index (χ1n) is 9.19. The second kappa shape index (κ2) is 10.6. The van der Waals surface area contributed by atoms with Gasteiger partial charge in [-0.25, -0.2) is 4.79 Å². The summed E-state index contributed by atoms with van der Waals surface area (Å²) in [6, 6.07) is 5.02. The van der Waals surface area contributed by atoms with Crippen molar-refractivity contribution in [2.75, 3.05) is 25.5 Å². The van der Waals surface area contributed by atoms with Crippen molar-refractivity contribution >= 4 is 63.4 Å². The Kier molecular flexibility index (Phi) is 8.46. The molecule has 9 heteroatoms. The Morgan fingerprint density at radius 1 is 1.17 bits per heavy atom. The first-order valence-corrected chi connectivity index (χ1v) is 10.8. The van der Waals surface area contributed by atoms with Gasteiger partial charge in [0.2, 0.25) is 5.91 Å². The fourth-order valence-corrected chi connectivity index (χ4v) is 4.48. The Balaban J connectivity index is 2.37. The summed E-state index contributed by atoms with van der Waals surface area (Å²) in [4.78, 5) is 39.6. The average Bonchev–Trinajstić information content (AvgIpc) is 3.03. The molecule has 0 aliphatic heterocycles. The lowest BCUT2D eigenvalue weighted by Crippen LogP contribution is -2.30. The highest BCUT2D eigenvalue weighted by Gasteiger charge is 2.27. The van der Waals surface area contributed by atoms with Crippen LogP contribution >= 0.6 is 34.5 Å². The van der Waals surface area contributed by atoms with Gasteiger partial charge in [-0.15, -0.1) is 11.3 Å². The van der Waals surface area contributed by atoms with Gasteiger partial charge in [0.05, 0.1) is 17.6 Å². The van der Waals surface area contributed by atoms with Crippen molar-refractivity contribution in [1.29, 1.82) is 0 Å². The predicted octanol–water partition coefficient (Wildman–Crippen LogP) is 5.28. The van der Waals surface area contributed by atoms with Crippen molar-refractivity contribution in [1.82, 2.24) is 4.90 Å². The Bertz CT molecular complexity index is 977. The average molecular weight is 469 g/mol. The zero-order valence-electron chi connectivity index (χ0n) is 17.0. The molecule has 1 heterocycles. The smallest absolute Gasteiger partial charge is 0.341 e. The zero-order chi connectivity index (χ0) is 22.4. The van der Waals surface area contributed by atoms with Crippen LogP contribution in [-0.4, -0.2) is 42.9 Å². The highest BCUT2D eigenvalue weighted by Crippen LogP contribution is 2.34. The molecule has 0 aliphatic rings. The maximum atomic E-state index is 12.8. The number of anilines is 1. The van der Waals surface area contributed by atoms with Crippen LogP contribution in [0.1, 0.15) is 45.0 Å². The molecule has 0 saturated carbocycles. The quantitative estimate of drug-likeness (QED) is 0.442. The largest absolute Gasteiger partial charge is 0.465 e. The van der Waals surface area contributed by atoms with Gasteiger partial charge in [-0.05, 0) is 44.5 Å². The molecular weight excluding hydrogens is 447 g/mol. The fraction of sp³-hybridized carbons (Fsp3) is 0.286. The molecule has 6 nitrogen and oxygen atoms in total. The molecule has 1 aromatic heterocycles. The molecule has 0 spiro atoms. The van der Waals surface area contributed by atoms with Crippen molar-refractivity contribution in [3.63, 3.8) is 0 Å². The molecule has 2 rings (SSSR count). The van der Waals surface area contributed by atoms with Crippen LogP contribution < -0.4 is 5.32 Å². The number of nitrogens with one attached hydrogen (secondary N) is 1. The van der Waals surface area contributed by atoms with Crippen LogP contribution in [0.4, 0.5) is 5.00 Å². The molecule has 2 aromatic rings. The second-order valence-electron chi connectivity index (χ2n) is 6.19. The summed E-state index contributed by atoms with van der Waals surface area (Å²) in [7, 11) is 1.25. The Hall–Kier alpha value is -2.35. The maximum Gasteiger partial charge on any atom is 0.341 e. The molecule has 0 aliphatic carbocycles. The monoisotopic (exact) mass is 468 g/mol. The van der Waals surface area contributed by atoms with E-state index < -0.39 is 11.9 Å². The number of halogens is 2. The van der Waals surface area contributed by atoms with E-state index >= 15 is 0 Å². The summed E-state index contributed by atoms with van der Waals surface area (Å²) in [6.45, 7) is 6.47. The number of amides is 2. The zero-order valence-corrected chi connectivity index (χ0v) is 19.4. The van der Waals surface area contributed by atoms with Crippen LogP contribution in [0.3, 0.4) is 0 Å². The number of esters is 1. The summed E-state index contributed by atoms with van der Waals surface area (Å²) >= 11 is 13.3. The van der Waals surface area contributed by atoms with E-state index in [-0.39, 0.29) is 16.5 Å². The lowest BCUT2D eigenvalue weighted by Gasteiger charge is -2.17. The summed E-state index contributed by atoms with van der Waals surface area (Å²) < 4.78 is 4.84. The van der Waals surface area contributed by atoms with E-state index in [2.05, 4.69) is 5.32 Å². The molecule has 0 unspecified atom stereocenters. The number of hydrogen-bond acceptors (Lipinski definition) is 5. The lowest BCUT2D eigenvalue weighted by atomic mass is 10.1. The normalized spacial score (nSPS) is 10.9. The van der Waals surface area contributed by atoms with Crippen LogP contribution in [0.5, 0.6) is 0 Å². The van der Waals surface area contributed by atoms with Gasteiger partial charge in [0, 0.05) is 34.8 Å². The fourth-order valence-electron chi connectivity index (χ4n) is 2.79. The predicted molar refractivity (Wildman–Crippen MR) is 122 cm³/mol. The summed E-state index contributed by atoms with van der Waals surface area (Å²) in [5, 5.41) is 3.71. The molecule has 0 bridgehead atoms. The minimum atomic E-state index is -0.629. The molecule has 2 amide bonds. The number of carbonyl (C=O) groups is 3. The van der Waals surface area contributed by atoms with Crippen LogP contribution in [0, 0.1) is 6.92 Å². The third kappa shape index (κ3) is 5.22. The lowest BCUT2D eigenvalue weighted by molar-refractivity contribution is -0.111. The van der Waals surface area contributed by atoms with E-state index in [4.69, 9.17) is 27.9 Å². The minimum Gasteiger partial charge on any atom is -0.465 e. The van der Waals surface area contributed by atoms with Gasteiger partial charge >= 0.3 is 5.97 Å². The van der Waals surface area contributed by atoms with Crippen molar-refractivity contribution in [2.24, 2.45) is 0 Å². The highest BCUT2D eigenvalue weighted by molar-refractivity contribution is 7.18. The molecule has 1 aromatic carbocycles. The molecule has 1 N–H and O–H groups in total. The number of benzene rings is 1. The standard InChI is InChI=1S/C21H22Cl2N2O4S/c1-5-25(6-2)20(27)18-12(3)17(21(28)29-4)19(30-18)24-16(26)11-10-13-14(22)8-7-9-15(13)23/h7-11H,5-6H2,1-4H3,(H,24,26). The maximum absolute atomic E-state index is 12.8. The molecular formula is C21H22Cl2N2O4S. The summed E-state index contributed by atoms with van der Waals surface area (Å²) in [5.41, 5.74) is 1.14. The molecule has 160 valence electrons. The first kappa shape index (κ1) is 23.9. The molecule has 0 radical (unpaired) electrons. The van der Waals surface area contributed by atoms with Gasteiger partial charge in [0.25, 0.3) is 5.91 Å².